The SMILES string of the molecule is C[NH+](C)[C@@H](CNC(=O)CCN1C(=O)[C@H]2CCCC[C@H]2C1=O)c1ccccc1Cl. The van der Waals surface area contributed by atoms with E-state index in [1.165, 1.54) is 4.90 Å². The summed E-state index contributed by atoms with van der Waals surface area (Å²) in [6.07, 6.45) is 3.73. The van der Waals surface area contributed by atoms with Gasteiger partial charge in [0.05, 0.1) is 32.5 Å². The van der Waals surface area contributed by atoms with Gasteiger partial charge in [-0.3, -0.25) is 19.3 Å². The van der Waals surface area contributed by atoms with Crippen molar-refractivity contribution in [2.75, 3.05) is 27.2 Å². The smallest absolute Gasteiger partial charge is 0.233 e. The molecular formula is C21H29ClN3O3+. The van der Waals surface area contributed by atoms with Crippen molar-refractivity contribution in [1.82, 2.24) is 10.2 Å². The molecule has 6 nitrogen and oxygen atoms in total. The van der Waals surface area contributed by atoms with E-state index in [4.69, 9.17) is 11.6 Å². The van der Waals surface area contributed by atoms with Crippen molar-refractivity contribution in [3.8, 4) is 0 Å². The third-order valence-electron chi connectivity index (χ3n) is 5.98. The molecular weight excluding hydrogens is 378 g/mol. The number of amides is 3. The number of carbonyl (C=O) groups excluding carboxylic acids is 3. The van der Waals surface area contributed by atoms with E-state index in [9.17, 15) is 14.4 Å². The molecule has 1 aromatic rings. The van der Waals surface area contributed by atoms with E-state index in [0.29, 0.717) is 11.6 Å². The van der Waals surface area contributed by atoms with Gasteiger partial charge in [-0.2, -0.15) is 0 Å². The lowest BCUT2D eigenvalue weighted by Gasteiger charge is -2.23. The van der Waals surface area contributed by atoms with Crippen molar-refractivity contribution in [3.05, 3.63) is 34.9 Å². The van der Waals surface area contributed by atoms with Crippen molar-refractivity contribution in [3.63, 3.8) is 0 Å². The molecule has 1 aliphatic heterocycles. The Morgan fingerprint density at radius 1 is 1.18 bits per heavy atom. The molecule has 1 heterocycles. The number of benzene rings is 1. The van der Waals surface area contributed by atoms with Crippen molar-refractivity contribution in [2.45, 2.75) is 38.1 Å². The second kappa shape index (κ2) is 9.05. The van der Waals surface area contributed by atoms with Crippen molar-refractivity contribution >= 4 is 29.3 Å². The molecule has 1 saturated heterocycles. The van der Waals surface area contributed by atoms with Gasteiger partial charge in [0, 0.05) is 23.6 Å². The summed E-state index contributed by atoms with van der Waals surface area (Å²) in [5, 5.41) is 3.62. The molecule has 0 spiro atoms. The van der Waals surface area contributed by atoms with Gasteiger partial charge in [-0.25, -0.2) is 0 Å². The number of nitrogens with zero attached hydrogens (tertiary/aromatic N) is 1. The zero-order chi connectivity index (χ0) is 20.3. The number of hydrogen-bond acceptors (Lipinski definition) is 3. The van der Waals surface area contributed by atoms with Crippen LogP contribution in [0, 0.1) is 11.8 Å². The Hall–Kier alpha value is -1.92. The second-order valence-electron chi connectivity index (χ2n) is 8.03. The lowest BCUT2D eigenvalue weighted by atomic mass is 9.81. The minimum Gasteiger partial charge on any atom is -0.350 e. The Labute approximate surface area is 171 Å². The number of imide groups is 1. The molecule has 2 N–H and O–H groups in total. The van der Waals surface area contributed by atoms with Crippen LogP contribution in [0.25, 0.3) is 0 Å². The molecule has 7 heteroatoms. The van der Waals surface area contributed by atoms with E-state index in [-0.39, 0.29) is 48.6 Å². The number of rotatable bonds is 7. The molecule has 2 fully saturated rings. The fourth-order valence-electron chi connectivity index (χ4n) is 4.35. The maximum Gasteiger partial charge on any atom is 0.233 e. The van der Waals surface area contributed by atoms with Gasteiger partial charge in [0.25, 0.3) is 0 Å². The maximum atomic E-state index is 12.5. The first-order valence-corrected chi connectivity index (χ1v) is 10.4. The summed E-state index contributed by atoms with van der Waals surface area (Å²) in [7, 11) is 4.03. The van der Waals surface area contributed by atoms with E-state index in [0.717, 1.165) is 36.1 Å². The molecule has 1 saturated carbocycles. The molecule has 3 amide bonds. The van der Waals surface area contributed by atoms with Gasteiger partial charge >= 0.3 is 0 Å². The van der Waals surface area contributed by atoms with Gasteiger partial charge < -0.3 is 10.2 Å². The van der Waals surface area contributed by atoms with Gasteiger partial charge in [0.2, 0.25) is 17.7 Å². The number of hydrogen-bond donors (Lipinski definition) is 2. The Kier molecular flexibility index (Phi) is 6.73. The Balaban J connectivity index is 1.53. The number of carbonyl (C=O) groups is 3. The number of quaternary nitrogens is 1. The maximum absolute atomic E-state index is 12.5. The monoisotopic (exact) mass is 406 g/mol. The summed E-state index contributed by atoms with van der Waals surface area (Å²) < 4.78 is 0. The first-order chi connectivity index (χ1) is 13.4. The Morgan fingerprint density at radius 2 is 1.79 bits per heavy atom. The minimum atomic E-state index is -0.161. The molecule has 0 radical (unpaired) electrons. The van der Waals surface area contributed by atoms with Crippen LogP contribution in [-0.2, 0) is 14.4 Å². The van der Waals surface area contributed by atoms with E-state index in [1.54, 1.807) is 0 Å². The molecule has 2 aliphatic rings. The van der Waals surface area contributed by atoms with E-state index in [1.807, 2.05) is 38.4 Å². The average molecular weight is 407 g/mol. The first-order valence-electron chi connectivity index (χ1n) is 10.1. The van der Waals surface area contributed by atoms with Crippen LogP contribution in [0.3, 0.4) is 0 Å². The van der Waals surface area contributed by atoms with E-state index in [2.05, 4.69) is 5.32 Å². The molecule has 0 bridgehead atoms. The minimum absolute atomic E-state index is 0.0237. The zero-order valence-electron chi connectivity index (χ0n) is 16.5. The molecule has 3 atom stereocenters. The topological polar surface area (TPSA) is 70.9 Å². The van der Waals surface area contributed by atoms with Gasteiger partial charge in [-0.1, -0.05) is 42.6 Å². The molecule has 0 unspecified atom stereocenters. The van der Waals surface area contributed by atoms with Crippen molar-refractivity contribution in [2.24, 2.45) is 11.8 Å². The van der Waals surface area contributed by atoms with Gasteiger partial charge in [-0.05, 0) is 18.9 Å². The molecule has 152 valence electrons. The summed E-state index contributed by atoms with van der Waals surface area (Å²) in [6, 6.07) is 7.65. The zero-order valence-corrected chi connectivity index (χ0v) is 17.3. The van der Waals surface area contributed by atoms with Gasteiger partial charge in [0.1, 0.15) is 6.04 Å². The third-order valence-corrected chi connectivity index (χ3v) is 6.32. The summed E-state index contributed by atoms with van der Waals surface area (Å²) in [6.45, 7) is 0.611. The summed E-state index contributed by atoms with van der Waals surface area (Å²) >= 11 is 6.31. The number of fused-ring (bicyclic) bond motifs is 1. The average Bonchev–Trinajstić information content (AvgIpc) is 2.92. The molecule has 0 aromatic heterocycles. The first kappa shape index (κ1) is 20.8. The second-order valence-corrected chi connectivity index (χ2v) is 8.44. The highest BCUT2D eigenvalue weighted by atomic mass is 35.5. The van der Waals surface area contributed by atoms with Crippen LogP contribution in [0.2, 0.25) is 5.02 Å². The van der Waals surface area contributed by atoms with Crippen LogP contribution in [-0.4, -0.2) is 49.8 Å². The molecule has 28 heavy (non-hydrogen) atoms. The van der Waals surface area contributed by atoms with Gasteiger partial charge in [0.15, 0.2) is 0 Å². The van der Waals surface area contributed by atoms with Crippen LogP contribution >= 0.6 is 11.6 Å². The number of likely N-dealkylation sites (tertiary alicyclic amines) is 1. The van der Waals surface area contributed by atoms with Crippen LogP contribution in [0.15, 0.2) is 24.3 Å². The molecule has 1 aromatic carbocycles. The number of likely N-dealkylation sites (N-methyl/N-ethyl adjacent to an activating group) is 1. The van der Waals surface area contributed by atoms with Crippen LogP contribution in [0.4, 0.5) is 0 Å². The summed E-state index contributed by atoms with van der Waals surface area (Å²) in [4.78, 5) is 39.8. The van der Waals surface area contributed by atoms with Crippen molar-refractivity contribution in [1.29, 1.82) is 0 Å². The van der Waals surface area contributed by atoms with Crippen LogP contribution < -0.4 is 10.2 Å². The highest BCUT2D eigenvalue weighted by Gasteiger charge is 2.47. The summed E-state index contributed by atoms with van der Waals surface area (Å²) in [5.74, 6) is -0.658. The highest BCUT2D eigenvalue weighted by Crippen LogP contribution is 2.37. The standard InChI is InChI=1S/C21H28ClN3O3/c1-24(2)18(16-9-5-6-10-17(16)22)13-23-19(26)11-12-25-20(27)14-7-3-4-8-15(14)21(25)28/h5-6,9-10,14-15,18H,3-4,7-8,11-13H2,1-2H3,(H,23,26)/p+1/t14-,15+,18-/m0/s1. The third kappa shape index (κ3) is 4.39. The number of nitrogens with one attached hydrogen (secondary N) is 2. The van der Waals surface area contributed by atoms with Gasteiger partial charge in [-0.15, -0.1) is 0 Å². The normalized spacial score (nSPS) is 23.1. The van der Waals surface area contributed by atoms with E-state index >= 15 is 0 Å². The molecule has 1 aliphatic carbocycles. The van der Waals surface area contributed by atoms with Crippen molar-refractivity contribution < 1.29 is 19.3 Å². The molecule has 3 rings (SSSR count). The predicted molar refractivity (Wildman–Crippen MR) is 107 cm³/mol. The lowest BCUT2D eigenvalue weighted by Crippen LogP contribution is -3.07. The summed E-state index contributed by atoms with van der Waals surface area (Å²) in [5.41, 5.74) is 0.985. The Bertz CT molecular complexity index is 728. The largest absolute Gasteiger partial charge is 0.350 e. The fraction of sp³-hybridized carbons (Fsp3) is 0.571. The number of halogens is 1. The lowest BCUT2D eigenvalue weighted by molar-refractivity contribution is -0.890. The fourth-order valence-corrected chi connectivity index (χ4v) is 4.62. The Morgan fingerprint density at radius 3 is 2.36 bits per heavy atom. The van der Waals surface area contributed by atoms with Crippen LogP contribution in [0.5, 0.6) is 0 Å². The quantitative estimate of drug-likeness (QED) is 0.668. The predicted octanol–water partition coefficient (Wildman–Crippen LogP) is 1.21. The highest BCUT2D eigenvalue weighted by molar-refractivity contribution is 6.31. The van der Waals surface area contributed by atoms with Crippen LogP contribution in [0.1, 0.15) is 43.7 Å². The van der Waals surface area contributed by atoms with E-state index < -0.39 is 0 Å².